The molecule has 1 fully saturated rings. The van der Waals surface area contributed by atoms with Crippen molar-refractivity contribution in [2.75, 3.05) is 45.2 Å². The molecule has 1 aliphatic rings. The molecule has 0 saturated carbocycles. The van der Waals surface area contributed by atoms with E-state index < -0.39 is 0 Å². The molecular formula is C21H36IN5O. The van der Waals surface area contributed by atoms with E-state index in [1.807, 2.05) is 19.0 Å². The Labute approximate surface area is 187 Å². The molecule has 28 heavy (non-hydrogen) atoms. The van der Waals surface area contributed by atoms with E-state index in [-0.39, 0.29) is 24.0 Å². The van der Waals surface area contributed by atoms with E-state index in [9.17, 15) is 4.79 Å². The quantitative estimate of drug-likeness (QED) is 0.249. The molecule has 1 aliphatic heterocycles. The summed E-state index contributed by atoms with van der Waals surface area (Å²) < 4.78 is 0. The highest BCUT2D eigenvalue weighted by molar-refractivity contribution is 14.0. The van der Waals surface area contributed by atoms with Crippen molar-refractivity contribution >= 4 is 41.5 Å². The van der Waals surface area contributed by atoms with Crippen molar-refractivity contribution in [3.63, 3.8) is 0 Å². The lowest BCUT2D eigenvalue weighted by molar-refractivity contribution is -0.130. The molecule has 1 amide bonds. The first-order chi connectivity index (χ1) is 13.1. The average molecular weight is 501 g/mol. The van der Waals surface area contributed by atoms with Crippen LogP contribution in [-0.4, -0.2) is 57.0 Å². The summed E-state index contributed by atoms with van der Waals surface area (Å²) >= 11 is 0. The number of carbonyl (C=O) groups excluding carboxylic acids is 1. The van der Waals surface area contributed by atoms with Gasteiger partial charge in [-0.15, -0.1) is 24.0 Å². The zero-order chi connectivity index (χ0) is 19.5. The summed E-state index contributed by atoms with van der Waals surface area (Å²) in [6.45, 7) is 6.10. The number of hydrogen-bond donors (Lipinski definition) is 2. The zero-order valence-corrected chi connectivity index (χ0v) is 19.9. The Kier molecular flexibility index (Phi) is 11.9. The highest BCUT2D eigenvalue weighted by atomic mass is 127. The van der Waals surface area contributed by atoms with Crippen LogP contribution in [0.1, 0.15) is 44.6 Å². The number of nitrogens with zero attached hydrogens (tertiary/aromatic N) is 3. The van der Waals surface area contributed by atoms with E-state index in [4.69, 9.17) is 0 Å². The van der Waals surface area contributed by atoms with Crippen molar-refractivity contribution in [2.24, 2.45) is 4.99 Å². The molecule has 1 aromatic rings. The Morgan fingerprint density at radius 3 is 2.57 bits per heavy atom. The maximum absolute atomic E-state index is 12.0. The van der Waals surface area contributed by atoms with E-state index in [2.05, 4.69) is 51.7 Å². The van der Waals surface area contributed by atoms with Gasteiger partial charge in [-0.3, -0.25) is 4.79 Å². The van der Waals surface area contributed by atoms with Crippen LogP contribution in [0.25, 0.3) is 0 Å². The van der Waals surface area contributed by atoms with Gasteiger partial charge < -0.3 is 20.4 Å². The van der Waals surface area contributed by atoms with Gasteiger partial charge in [0.1, 0.15) is 0 Å². The number of carbonyl (C=O) groups is 1. The predicted molar refractivity (Wildman–Crippen MR) is 129 cm³/mol. The molecule has 1 heterocycles. The van der Waals surface area contributed by atoms with Gasteiger partial charge in [-0.05, 0) is 43.9 Å². The van der Waals surface area contributed by atoms with Crippen LogP contribution in [0.4, 0.5) is 5.69 Å². The third-order valence-electron chi connectivity index (χ3n) is 4.79. The Hall–Kier alpha value is -1.51. The number of hydrogen-bond acceptors (Lipinski definition) is 3. The van der Waals surface area contributed by atoms with Gasteiger partial charge in [0, 0.05) is 52.4 Å². The van der Waals surface area contributed by atoms with Gasteiger partial charge in [-0.25, -0.2) is 4.99 Å². The molecule has 7 heteroatoms. The van der Waals surface area contributed by atoms with Crippen LogP contribution in [0.2, 0.25) is 0 Å². The first-order valence-electron chi connectivity index (χ1n) is 10.2. The standard InChI is InChI=1S/C21H35N5O.HI/c1-4-22-21(24-17-18-10-12-19(13-11-18)25(2)3)23-14-8-16-26-15-7-5-6-9-20(26)27;/h10-13H,4-9,14-17H2,1-3H3,(H2,22,23,24);1H. The second-order valence-corrected chi connectivity index (χ2v) is 7.23. The van der Waals surface area contributed by atoms with Crippen molar-refractivity contribution in [3.05, 3.63) is 29.8 Å². The lowest BCUT2D eigenvalue weighted by Crippen LogP contribution is -2.39. The smallest absolute Gasteiger partial charge is 0.222 e. The van der Waals surface area contributed by atoms with Crippen molar-refractivity contribution < 1.29 is 4.79 Å². The van der Waals surface area contributed by atoms with Gasteiger partial charge in [0.15, 0.2) is 5.96 Å². The predicted octanol–water partition coefficient (Wildman–Crippen LogP) is 3.22. The zero-order valence-electron chi connectivity index (χ0n) is 17.5. The van der Waals surface area contributed by atoms with E-state index in [1.165, 1.54) is 17.7 Å². The minimum Gasteiger partial charge on any atom is -0.378 e. The second-order valence-electron chi connectivity index (χ2n) is 7.23. The first kappa shape index (κ1) is 24.5. The van der Waals surface area contributed by atoms with Crippen molar-refractivity contribution in [1.29, 1.82) is 0 Å². The summed E-state index contributed by atoms with van der Waals surface area (Å²) in [5.41, 5.74) is 2.38. The molecule has 0 aromatic heterocycles. The summed E-state index contributed by atoms with van der Waals surface area (Å²) in [5, 5.41) is 6.67. The fourth-order valence-electron chi connectivity index (χ4n) is 3.16. The van der Waals surface area contributed by atoms with Crippen LogP contribution in [-0.2, 0) is 11.3 Å². The normalized spacial score (nSPS) is 14.9. The fourth-order valence-corrected chi connectivity index (χ4v) is 3.16. The molecule has 0 unspecified atom stereocenters. The molecule has 0 bridgehead atoms. The van der Waals surface area contributed by atoms with Crippen molar-refractivity contribution in [2.45, 2.75) is 45.6 Å². The van der Waals surface area contributed by atoms with Crippen molar-refractivity contribution in [3.8, 4) is 0 Å². The monoisotopic (exact) mass is 501 g/mol. The maximum Gasteiger partial charge on any atom is 0.222 e. The van der Waals surface area contributed by atoms with Gasteiger partial charge in [0.25, 0.3) is 0 Å². The van der Waals surface area contributed by atoms with E-state index in [1.54, 1.807) is 0 Å². The number of anilines is 1. The summed E-state index contributed by atoms with van der Waals surface area (Å²) in [7, 11) is 4.08. The van der Waals surface area contributed by atoms with Gasteiger partial charge in [-0.2, -0.15) is 0 Å². The van der Waals surface area contributed by atoms with E-state index in [0.717, 1.165) is 51.4 Å². The molecule has 0 aliphatic carbocycles. The Morgan fingerprint density at radius 1 is 1.14 bits per heavy atom. The van der Waals surface area contributed by atoms with Crippen LogP contribution in [0.15, 0.2) is 29.3 Å². The number of likely N-dealkylation sites (tertiary alicyclic amines) is 1. The Balaban J connectivity index is 0.00000392. The highest BCUT2D eigenvalue weighted by Crippen LogP contribution is 2.13. The fraction of sp³-hybridized carbons (Fsp3) is 0.619. The molecule has 2 rings (SSSR count). The summed E-state index contributed by atoms with van der Waals surface area (Å²) in [6, 6.07) is 8.47. The minimum atomic E-state index is 0. The third-order valence-corrected chi connectivity index (χ3v) is 4.79. The van der Waals surface area contributed by atoms with Gasteiger partial charge in [0.2, 0.25) is 5.91 Å². The number of benzene rings is 1. The molecule has 0 spiro atoms. The molecule has 0 atom stereocenters. The molecule has 6 nitrogen and oxygen atoms in total. The summed E-state index contributed by atoms with van der Waals surface area (Å²) in [4.78, 5) is 20.8. The van der Waals surface area contributed by atoms with Gasteiger partial charge >= 0.3 is 0 Å². The number of guanidine groups is 1. The number of amides is 1. The van der Waals surface area contributed by atoms with Crippen LogP contribution in [0.5, 0.6) is 0 Å². The lowest BCUT2D eigenvalue weighted by Gasteiger charge is -2.20. The van der Waals surface area contributed by atoms with Gasteiger partial charge in [0.05, 0.1) is 6.54 Å². The lowest BCUT2D eigenvalue weighted by atomic mass is 10.2. The van der Waals surface area contributed by atoms with Crippen molar-refractivity contribution in [1.82, 2.24) is 15.5 Å². The minimum absolute atomic E-state index is 0. The Morgan fingerprint density at radius 2 is 1.89 bits per heavy atom. The van der Waals surface area contributed by atoms with E-state index in [0.29, 0.717) is 18.9 Å². The maximum atomic E-state index is 12.0. The molecule has 2 N–H and O–H groups in total. The van der Waals surface area contributed by atoms with Crippen LogP contribution >= 0.6 is 24.0 Å². The molecule has 1 saturated heterocycles. The molecule has 158 valence electrons. The third kappa shape index (κ3) is 8.67. The van der Waals surface area contributed by atoms with Crippen LogP contribution < -0.4 is 15.5 Å². The number of nitrogens with one attached hydrogen (secondary N) is 2. The largest absolute Gasteiger partial charge is 0.378 e. The topological polar surface area (TPSA) is 60.0 Å². The molecule has 1 aromatic carbocycles. The highest BCUT2D eigenvalue weighted by Gasteiger charge is 2.15. The first-order valence-corrected chi connectivity index (χ1v) is 10.2. The summed E-state index contributed by atoms with van der Waals surface area (Å²) in [5.74, 6) is 1.14. The molecule has 0 radical (unpaired) electrons. The van der Waals surface area contributed by atoms with Gasteiger partial charge in [-0.1, -0.05) is 18.6 Å². The SMILES string of the molecule is CCNC(=NCc1ccc(N(C)C)cc1)NCCCN1CCCCCC1=O.I. The number of halogens is 1. The van der Waals surface area contributed by atoms with E-state index >= 15 is 0 Å². The number of aliphatic imine (C=N–C) groups is 1. The average Bonchev–Trinajstić information content (AvgIpc) is 2.87. The molecular weight excluding hydrogens is 465 g/mol. The number of rotatable bonds is 8. The van der Waals surface area contributed by atoms with Crippen LogP contribution in [0.3, 0.4) is 0 Å². The second kappa shape index (κ2) is 13.6. The van der Waals surface area contributed by atoms with Crippen LogP contribution in [0, 0.1) is 0 Å². The summed E-state index contributed by atoms with van der Waals surface area (Å²) in [6.07, 6.45) is 5.00. The Bertz CT molecular complexity index is 603.